The zero-order valence-electron chi connectivity index (χ0n) is 21.9. The molecule has 1 N–H and O–H groups in total. The lowest BCUT2D eigenvalue weighted by Crippen LogP contribution is -2.27. The van der Waals surface area contributed by atoms with E-state index in [1.165, 1.54) is 12.1 Å². The summed E-state index contributed by atoms with van der Waals surface area (Å²) in [5.74, 6) is -1.67. The second kappa shape index (κ2) is 10.5. The van der Waals surface area contributed by atoms with E-state index in [0.29, 0.717) is 17.7 Å². The van der Waals surface area contributed by atoms with Crippen molar-refractivity contribution in [2.75, 3.05) is 0 Å². The molecule has 0 fully saturated rings. The summed E-state index contributed by atoms with van der Waals surface area (Å²) >= 11 is 0. The number of nitrogens with one attached hydrogen (secondary N) is 1. The summed E-state index contributed by atoms with van der Waals surface area (Å²) in [4.78, 5) is 13.0. The van der Waals surface area contributed by atoms with Gasteiger partial charge in [0, 0.05) is 40.3 Å². The first-order valence-corrected chi connectivity index (χ1v) is 12.7. The Hall–Kier alpha value is -4.76. The van der Waals surface area contributed by atoms with Crippen molar-refractivity contribution in [3.63, 3.8) is 0 Å². The van der Waals surface area contributed by atoms with E-state index in [2.05, 4.69) is 35.0 Å². The predicted molar refractivity (Wildman–Crippen MR) is 149 cm³/mol. The molecule has 1 amide bonds. The summed E-state index contributed by atoms with van der Waals surface area (Å²) in [6.07, 6.45) is 0. The van der Waals surface area contributed by atoms with E-state index in [0.717, 1.165) is 44.9 Å². The molecule has 5 rings (SSSR count). The number of nitrogens with zero attached hydrogens (tertiary/aromatic N) is 2. The van der Waals surface area contributed by atoms with Gasteiger partial charge < -0.3 is 9.88 Å². The van der Waals surface area contributed by atoms with Gasteiger partial charge in [-0.3, -0.25) is 4.79 Å². The minimum absolute atomic E-state index is 0.228. The average Bonchev–Trinajstić information content (AvgIpc) is 3.17. The number of carbonyl (C=O) groups excluding carboxylic acids is 1. The van der Waals surface area contributed by atoms with Crippen molar-refractivity contribution in [2.45, 2.75) is 33.4 Å². The summed E-state index contributed by atoms with van der Waals surface area (Å²) in [7, 11) is 0. The first kappa shape index (κ1) is 25.9. The molecule has 4 aromatic carbocycles. The summed E-state index contributed by atoms with van der Waals surface area (Å²) in [5.41, 5.74) is 7.55. The number of hydrogen-bond acceptors (Lipinski definition) is 2. The molecule has 6 heteroatoms. The van der Waals surface area contributed by atoms with Crippen molar-refractivity contribution in [3.8, 4) is 17.2 Å². The van der Waals surface area contributed by atoms with E-state index in [1.54, 1.807) is 13.0 Å². The van der Waals surface area contributed by atoms with Crippen LogP contribution in [0.2, 0.25) is 0 Å². The molecule has 0 aliphatic rings. The summed E-state index contributed by atoms with van der Waals surface area (Å²) in [6, 6.07) is 26.3. The number of nitriles is 1. The molecule has 0 aliphatic carbocycles. The largest absolute Gasteiger partial charge is 0.345 e. The van der Waals surface area contributed by atoms with Gasteiger partial charge in [0.15, 0.2) is 0 Å². The van der Waals surface area contributed by atoms with Gasteiger partial charge in [0.05, 0.1) is 17.7 Å². The van der Waals surface area contributed by atoms with Crippen molar-refractivity contribution in [1.29, 1.82) is 5.26 Å². The Kier molecular flexibility index (Phi) is 7.00. The minimum atomic E-state index is -0.691. The van der Waals surface area contributed by atoms with Crippen LogP contribution in [0.5, 0.6) is 0 Å². The first-order valence-electron chi connectivity index (χ1n) is 12.7. The van der Waals surface area contributed by atoms with E-state index in [-0.39, 0.29) is 11.5 Å². The van der Waals surface area contributed by atoms with Crippen molar-refractivity contribution in [2.24, 2.45) is 0 Å². The van der Waals surface area contributed by atoms with Gasteiger partial charge in [0.1, 0.15) is 11.6 Å². The Morgan fingerprint density at radius 2 is 1.72 bits per heavy atom. The van der Waals surface area contributed by atoms with Gasteiger partial charge >= 0.3 is 0 Å². The predicted octanol–water partition coefficient (Wildman–Crippen LogP) is 7.61. The number of fused-ring (bicyclic) bond motifs is 1. The maximum atomic E-state index is 14.2. The van der Waals surface area contributed by atoms with Crippen LogP contribution in [0.4, 0.5) is 8.78 Å². The number of benzene rings is 4. The highest BCUT2D eigenvalue weighted by molar-refractivity contribution is 5.99. The molecule has 1 aromatic heterocycles. The fraction of sp³-hybridized carbons (Fsp3) is 0.152. The second-order valence-electron chi connectivity index (χ2n) is 9.74. The molecule has 0 saturated heterocycles. The van der Waals surface area contributed by atoms with Crippen molar-refractivity contribution >= 4 is 16.8 Å². The fourth-order valence-electron chi connectivity index (χ4n) is 5.01. The Bertz CT molecular complexity index is 1750. The van der Waals surface area contributed by atoms with Gasteiger partial charge in [-0.2, -0.15) is 5.26 Å². The van der Waals surface area contributed by atoms with Crippen LogP contribution in [0.15, 0.2) is 84.9 Å². The van der Waals surface area contributed by atoms with Gasteiger partial charge in [-0.15, -0.1) is 0 Å². The Morgan fingerprint density at radius 1 is 0.974 bits per heavy atom. The molecule has 0 saturated carbocycles. The summed E-state index contributed by atoms with van der Waals surface area (Å²) in [5, 5.41) is 13.2. The highest BCUT2D eigenvalue weighted by Gasteiger charge is 2.18. The molecule has 1 unspecified atom stereocenters. The van der Waals surface area contributed by atoms with Crippen LogP contribution in [0, 0.1) is 36.8 Å². The molecule has 0 radical (unpaired) electrons. The van der Waals surface area contributed by atoms with Crippen LogP contribution in [0.3, 0.4) is 0 Å². The van der Waals surface area contributed by atoms with Gasteiger partial charge in [-0.1, -0.05) is 48.5 Å². The Balaban J connectivity index is 1.38. The molecule has 0 aliphatic heterocycles. The van der Waals surface area contributed by atoms with E-state index in [4.69, 9.17) is 0 Å². The number of aryl methyl sites for hydroxylation is 1. The van der Waals surface area contributed by atoms with Crippen molar-refractivity contribution < 1.29 is 13.6 Å². The summed E-state index contributed by atoms with van der Waals surface area (Å²) in [6.45, 7) is 6.42. The normalized spacial score (nSPS) is 11.8. The lowest BCUT2D eigenvalue weighted by atomic mass is 9.99. The zero-order valence-corrected chi connectivity index (χ0v) is 21.9. The third kappa shape index (κ3) is 5.04. The van der Waals surface area contributed by atoms with Crippen molar-refractivity contribution in [3.05, 3.63) is 130 Å². The highest BCUT2D eigenvalue weighted by Crippen LogP contribution is 2.29. The molecule has 0 bridgehead atoms. The van der Waals surface area contributed by atoms with E-state index >= 15 is 0 Å². The number of halogens is 2. The monoisotopic (exact) mass is 519 g/mol. The molecule has 0 spiro atoms. The smallest absolute Gasteiger partial charge is 0.251 e. The quantitative estimate of drug-likeness (QED) is 0.251. The maximum absolute atomic E-state index is 14.2. The Labute approximate surface area is 226 Å². The minimum Gasteiger partial charge on any atom is -0.345 e. The number of aromatic nitrogens is 1. The van der Waals surface area contributed by atoms with Crippen LogP contribution in [0.25, 0.3) is 22.0 Å². The SMILES string of the molecule is Cc1c(C)n(Cc2ccc(-c3ccccc3C#N)cc2)c2ccc(C(=O)NC(C)c3ccc(F)cc3F)cc12. The number of rotatable bonds is 6. The first-order chi connectivity index (χ1) is 18.8. The standard InChI is InChI=1S/C33H27F2N3O/c1-20-22(3)38(19-23-8-10-24(11-9-23)29-7-5-4-6-26(29)18-36)32-15-12-25(16-30(20)32)33(39)37-21(2)28-14-13-27(34)17-31(28)35/h4-17,21H,19H2,1-3H3,(H,37,39). The molecule has 39 heavy (non-hydrogen) atoms. The van der Waals surface area contributed by atoms with Gasteiger partial charge in [0.25, 0.3) is 5.91 Å². The lowest BCUT2D eigenvalue weighted by molar-refractivity contribution is 0.0939. The highest BCUT2D eigenvalue weighted by atomic mass is 19.1. The van der Waals surface area contributed by atoms with Crippen LogP contribution in [-0.2, 0) is 6.54 Å². The summed E-state index contributed by atoms with van der Waals surface area (Å²) < 4.78 is 29.7. The lowest BCUT2D eigenvalue weighted by Gasteiger charge is -2.15. The number of amides is 1. The topological polar surface area (TPSA) is 57.8 Å². The molecule has 4 nitrogen and oxygen atoms in total. The number of hydrogen-bond donors (Lipinski definition) is 1. The molecular weight excluding hydrogens is 492 g/mol. The molecule has 5 aromatic rings. The van der Waals surface area contributed by atoms with E-state index in [1.807, 2.05) is 55.5 Å². The van der Waals surface area contributed by atoms with Gasteiger partial charge in [-0.05, 0) is 73.4 Å². The van der Waals surface area contributed by atoms with Gasteiger partial charge in [-0.25, -0.2) is 8.78 Å². The van der Waals surface area contributed by atoms with E-state index < -0.39 is 17.7 Å². The third-order valence-electron chi connectivity index (χ3n) is 7.33. The average molecular weight is 520 g/mol. The van der Waals surface area contributed by atoms with Gasteiger partial charge in [0.2, 0.25) is 0 Å². The zero-order chi connectivity index (χ0) is 27.7. The molecule has 1 atom stereocenters. The maximum Gasteiger partial charge on any atom is 0.251 e. The van der Waals surface area contributed by atoms with Crippen LogP contribution >= 0.6 is 0 Å². The molecule has 194 valence electrons. The number of carbonyl (C=O) groups is 1. The van der Waals surface area contributed by atoms with Crippen molar-refractivity contribution in [1.82, 2.24) is 9.88 Å². The van der Waals surface area contributed by atoms with Crippen LogP contribution in [-0.4, -0.2) is 10.5 Å². The molecule has 1 heterocycles. The van der Waals surface area contributed by atoms with Crippen LogP contribution in [0.1, 0.15) is 51.3 Å². The fourth-order valence-corrected chi connectivity index (χ4v) is 5.01. The molecular formula is C33H27F2N3O. The Morgan fingerprint density at radius 3 is 2.44 bits per heavy atom. The third-order valence-corrected chi connectivity index (χ3v) is 7.33. The van der Waals surface area contributed by atoms with Crippen LogP contribution < -0.4 is 5.32 Å². The van der Waals surface area contributed by atoms with E-state index in [9.17, 15) is 18.8 Å². The second-order valence-corrected chi connectivity index (χ2v) is 9.74.